The maximum atomic E-state index is 12.1. The number of carbonyl (C=O) groups is 1. The van der Waals surface area contributed by atoms with Crippen molar-refractivity contribution in [1.29, 1.82) is 0 Å². The molecular formula is C14H15F3N2O2. The summed E-state index contributed by atoms with van der Waals surface area (Å²) in [6, 6.07) is 4.77. The molecule has 0 aliphatic carbocycles. The fourth-order valence-electron chi connectivity index (χ4n) is 2.34. The van der Waals surface area contributed by atoms with Gasteiger partial charge >= 0.3 is 12.1 Å². The van der Waals surface area contributed by atoms with Crippen LogP contribution in [0.1, 0.15) is 35.4 Å². The van der Waals surface area contributed by atoms with Crippen molar-refractivity contribution in [3.05, 3.63) is 29.6 Å². The van der Waals surface area contributed by atoms with Crippen molar-refractivity contribution >= 4 is 17.0 Å². The van der Waals surface area contributed by atoms with E-state index in [1.54, 1.807) is 23.6 Å². The van der Waals surface area contributed by atoms with E-state index in [0.717, 1.165) is 0 Å². The molecule has 4 nitrogen and oxygen atoms in total. The fraction of sp³-hybridized carbons (Fsp3) is 0.429. The number of aromatic nitrogens is 2. The summed E-state index contributed by atoms with van der Waals surface area (Å²) < 4.78 is 38.1. The van der Waals surface area contributed by atoms with Crippen LogP contribution in [0.25, 0.3) is 11.0 Å². The van der Waals surface area contributed by atoms with Gasteiger partial charge in [-0.1, -0.05) is 6.07 Å². The Morgan fingerprint density at radius 1 is 1.33 bits per heavy atom. The minimum absolute atomic E-state index is 0.0118. The Labute approximate surface area is 119 Å². The number of carboxylic acids is 1. The first-order valence-corrected chi connectivity index (χ1v) is 6.55. The second-order valence-electron chi connectivity index (χ2n) is 4.86. The molecule has 21 heavy (non-hydrogen) atoms. The summed E-state index contributed by atoms with van der Waals surface area (Å²) in [5.74, 6) is -0.470. The minimum atomic E-state index is -4.15. The van der Waals surface area contributed by atoms with Gasteiger partial charge in [0.05, 0.1) is 16.6 Å². The van der Waals surface area contributed by atoms with Crippen LogP contribution in [-0.4, -0.2) is 26.8 Å². The van der Waals surface area contributed by atoms with Gasteiger partial charge in [0.1, 0.15) is 5.82 Å². The number of carboxylic acid groups (broad SMARTS) is 1. The van der Waals surface area contributed by atoms with E-state index in [0.29, 0.717) is 29.8 Å². The second kappa shape index (κ2) is 5.75. The molecule has 2 aromatic rings. The van der Waals surface area contributed by atoms with Gasteiger partial charge in [0.25, 0.3) is 0 Å². The molecule has 0 saturated carbocycles. The van der Waals surface area contributed by atoms with Crippen LogP contribution in [0.15, 0.2) is 18.2 Å². The van der Waals surface area contributed by atoms with E-state index in [-0.39, 0.29) is 12.0 Å². The number of halogens is 3. The molecule has 2 rings (SSSR count). The number of unbranched alkanes of at least 4 members (excludes halogenated alkanes) is 1. The SMILES string of the molecule is Cc1nc2cccc(C(=O)O)c2n1CCCCC(F)(F)F. The van der Waals surface area contributed by atoms with Crippen molar-refractivity contribution in [3.8, 4) is 0 Å². The van der Waals surface area contributed by atoms with Crippen molar-refractivity contribution in [2.75, 3.05) is 0 Å². The molecule has 1 aromatic heterocycles. The van der Waals surface area contributed by atoms with Crippen molar-refractivity contribution in [2.24, 2.45) is 0 Å². The number of nitrogens with zero attached hydrogens (tertiary/aromatic N) is 2. The van der Waals surface area contributed by atoms with E-state index in [2.05, 4.69) is 4.98 Å². The molecule has 0 aliphatic heterocycles. The number of rotatable bonds is 5. The molecule has 0 unspecified atom stereocenters. The number of fused-ring (bicyclic) bond motifs is 1. The van der Waals surface area contributed by atoms with Crippen LogP contribution in [0.2, 0.25) is 0 Å². The van der Waals surface area contributed by atoms with Gasteiger partial charge in [0.15, 0.2) is 0 Å². The normalized spacial score (nSPS) is 12.0. The van der Waals surface area contributed by atoms with Gasteiger partial charge in [-0.3, -0.25) is 0 Å². The summed E-state index contributed by atoms with van der Waals surface area (Å²) in [4.78, 5) is 15.5. The van der Waals surface area contributed by atoms with Crippen LogP contribution < -0.4 is 0 Å². The molecule has 0 saturated heterocycles. The Morgan fingerprint density at radius 3 is 2.67 bits per heavy atom. The molecule has 0 radical (unpaired) electrons. The third-order valence-corrected chi connectivity index (χ3v) is 3.28. The van der Waals surface area contributed by atoms with Crippen LogP contribution in [-0.2, 0) is 6.54 Å². The molecule has 0 aliphatic rings. The van der Waals surface area contributed by atoms with Gasteiger partial charge in [0, 0.05) is 13.0 Å². The molecule has 1 heterocycles. The van der Waals surface area contributed by atoms with Crippen molar-refractivity contribution < 1.29 is 23.1 Å². The van der Waals surface area contributed by atoms with E-state index < -0.39 is 18.6 Å². The lowest BCUT2D eigenvalue weighted by molar-refractivity contribution is -0.135. The van der Waals surface area contributed by atoms with Gasteiger partial charge < -0.3 is 9.67 Å². The Balaban J connectivity index is 2.23. The number of alkyl halides is 3. The predicted octanol–water partition coefficient (Wildman–Crippen LogP) is 3.78. The van der Waals surface area contributed by atoms with Gasteiger partial charge in [-0.25, -0.2) is 9.78 Å². The van der Waals surface area contributed by atoms with Crippen LogP contribution in [0, 0.1) is 6.92 Å². The Kier molecular flexibility index (Phi) is 4.20. The summed E-state index contributed by atoms with van der Waals surface area (Å²) in [7, 11) is 0. The predicted molar refractivity (Wildman–Crippen MR) is 71.3 cm³/mol. The molecule has 1 N–H and O–H groups in total. The Hall–Kier alpha value is -2.05. The van der Waals surface area contributed by atoms with E-state index in [1.165, 1.54) is 6.07 Å². The Bertz CT molecular complexity index is 662. The molecular weight excluding hydrogens is 285 g/mol. The molecule has 114 valence electrons. The summed E-state index contributed by atoms with van der Waals surface area (Å²) in [5, 5.41) is 9.20. The van der Waals surface area contributed by atoms with Crippen LogP contribution in [0.5, 0.6) is 0 Å². The molecule has 1 aromatic carbocycles. The molecule has 0 amide bonds. The standard InChI is InChI=1S/C14H15F3N2O2/c1-9-18-11-6-4-5-10(13(20)21)12(11)19(9)8-3-2-7-14(15,16)17/h4-6H,2-3,7-8H2,1H3,(H,20,21). The highest BCUT2D eigenvalue weighted by molar-refractivity contribution is 6.01. The molecule has 7 heteroatoms. The average molecular weight is 300 g/mol. The number of hydrogen-bond donors (Lipinski definition) is 1. The molecule has 0 fully saturated rings. The van der Waals surface area contributed by atoms with Crippen molar-refractivity contribution in [2.45, 2.75) is 38.9 Å². The summed E-state index contributed by atoms with van der Waals surface area (Å²) in [6.07, 6.45) is -4.65. The zero-order valence-electron chi connectivity index (χ0n) is 11.4. The zero-order chi connectivity index (χ0) is 15.6. The third-order valence-electron chi connectivity index (χ3n) is 3.28. The maximum Gasteiger partial charge on any atom is 0.389 e. The maximum absolute atomic E-state index is 12.1. The van der Waals surface area contributed by atoms with Crippen LogP contribution >= 0.6 is 0 Å². The second-order valence-corrected chi connectivity index (χ2v) is 4.86. The first kappa shape index (κ1) is 15.3. The van der Waals surface area contributed by atoms with E-state index in [9.17, 15) is 23.1 Å². The molecule has 0 atom stereocenters. The van der Waals surface area contributed by atoms with Crippen molar-refractivity contribution in [1.82, 2.24) is 9.55 Å². The Morgan fingerprint density at radius 2 is 2.05 bits per heavy atom. The largest absolute Gasteiger partial charge is 0.478 e. The number of aryl methyl sites for hydroxylation is 2. The number of imidazole rings is 1. The van der Waals surface area contributed by atoms with Gasteiger partial charge in [-0.2, -0.15) is 13.2 Å². The lowest BCUT2D eigenvalue weighted by Gasteiger charge is -2.09. The minimum Gasteiger partial charge on any atom is -0.478 e. The lowest BCUT2D eigenvalue weighted by atomic mass is 10.1. The summed E-state index contributed by atoms with van der Waals surface area (Å²) in [6.45, 7) is 2.04. The third kappa shape index (κ3) is 3.53. The van der Waals surface area contributed by atoms with Crippen LogP contribution in [0.3, 0.4) is 0 Å². The first-order valence-electron chi connectivity index (χ1n) is 6.55. The van der Waals surface area contributed by atoms with E-state index >= 15 is 0 Å². The quantitative estimate of drug-likeness (QED) is 0.855. The summed E-state index contributed by atoms with van der Waals surface area (Å²) >= 11 is 0. The van der Waals surface area contributed by atoms with Crippen LogP contribution in [0.4, 0.5) is 13.2 Å². The highest BCUT2D eigenvalue weighted by atomic mass is 19.4. The van der Waals surface area contributed by atoms with Gasteiger partial charge in [-0.05, 0) is 31.9 Å². The lowest BCUT2D eigenvalue weighted by Crippen LogP contribution is -2.09. The topological polar surface area (TPSA) is 55.1 Å². The number of aromatic carboxylic acids is 1. The molecule has 0 spiro atoms. The zero-order valence-corrected chi connectivity index (χ0v) is 11.4. The number of hydrogen-bond acceptors (Lipinski definition) is 2. The molecule has 0 bridgehead atoms. The van der Waals surface area contributed by atoms with E-state index in [4.69, 9.17) is 0 Å². The highest BCUT2D eigenvalue weighted by Crippen LogP contribution is 2.24. The van der Waals surface area contributed by atoms with E-state index in [1.807, 2.05) is 0 Å². The first-order chi connectivity index (χ1) is 9.79. The number of benzene rings is 1. The monoisotopic (exact) mass is 300 g/mol. The fourth-order valence-corrected chi connectivity index (χ4v) is 2.34. The highest BCUT2D eigenvalue weighted by Gasteiger charge is 2.26. The average Bonchev–Trinajstić information content (AvgIpc) is 2.69. The smallest absolute Gasteiger partial charge is 0.389 e. The summed E-state index contributed by atoms with van der Waals surface area (Å²) in [5.41, 5.74) is 1.13. The van der Waals surface area contributed by atoms with Gasteiger partial charge in [-0.15, -0.1) is 0 Å². The van der Waals surface area contributed by atoms with Gasteiger partial charge in [0.2, 0.25) is 0 Å². The number of para-hydroxylation sites is 1. The van der Waals surface area contributed by atoms with Crippen molar-refractivity contribution in [3.63, 3.8) is 0 Å².